The van der Waals surface area contributed by atoms with E-state index in [9.17, 15) is 0 Å². The summed E-state index contributed by atoms with van der Waals surface area (Å²) >= 11 is 0. The fourth-order valence-electron chi connectivity index (χ4n) is 3.03. The van der Waals surface area contributed by atoms with Crippen LogP contribution in [0.25, 0.3) is 0 Å². The number of hydrogen-bond acceptors (Lipinski definition) is 2. The summed E-state index contributed by atoms with van der Waals surface area (Å²) in [7, 11) is 0. The molecule has 0 amide bonds. The molecular formula is C17H20N2. The minimum Gasteiger partial charge on any atom is -0.399 e. The number of rotatable bonds is 2. The third-order valence-electron chi connectivity index (χ3n) is 3.75. The monoisotopic (exact) mass is 252 g/mol. The zero-order valence-electron chi connectivity index (χ0n) is 11.6. The van der Waals surface area contributed by atoms with Gasteiger partial charge >= 0.3 is 0 Å². The molecule has 2 aromatic carbocycles. The molecule has 19 heavy (non-hydrogen) atoms. The van der Waals surface area contributed by atoms with Crippen LogP contribution in [0.1, 0.15) is 22.3 Å². The molecule has 98 valence electrons. The number of nitrogens with two attached hydrogens (primary N) is 1. The first-order chi connectivity index (χ1) is 9.11. The van der Waals surface area contributed by atoms with Gasteiger partial charge in [0.2, 0.25) is 0 Å². The first-order valence-electron chi connectivity index (χ1n) is 6.82. The van der Waals surface area contributed by atoms with Crippen LogP contribution in [0.15, 0.2) is 36.4 Å². The number of nitrogen functional groups attached to an aromatic ring is 1. The molecule has 1 aliphatic rings. The van der Waals surface area contributed by atoms with E-state index in [0.29, 0.717) is 0 Å². The molecule has 0 saturated heterocycles. The Morgan fingerprint density at radius 1 is 1.05 bits per heavy atom. The summed E-state index contributed by atoms with van der Waals surface area (Å²) in [6.45, 7) is 6.40. The number of benzene rings is 2. The molecule has 0 saturated carbocycles. The van der Waals surface area contributed by atoms with Gasteiger partial charge in [0.25, 0.3) is 0 Å². The highest BCUT2D eigenvalue weighted by Crippen LogP contribution is 2.31. The molecule has 0 aromatic heterocycles. The minimum absolute atomic E-state index is 0.868. The maximum atomic E-state index is 5.85. The van der Waals surface area contributed by atoms with Gasteiger partial charge in [0.15, 0.2) is 0 Å². The van der Waals surface area contributed by atoms with Gasteiger partial charge in [0.05, 0.1) is 0 Å². The highest BCUT2D eigenvalue weighted by molar-refractivity contribution is 5.63. The molecule has 0 spiro atoms. The van der Waals surface area contributed by atoms with Crippen molar-refractivity contribution >= 4 is 11.4 Å². The van der Waals surface area contributed by atoms with E-state index >= 15 is 0 Å². The van der Waals surface area contributed by atoms with Crippen molar-refractivity contribution in [3.8, 4) is 0 Å². The summed E-state index contributed by atoms with van der Waals surface area (Å²) < 4.78 is 0. The lowest BCUT2D eigenvalue weighted by atomic mass is 10.1. The quantitative estimate of drug-likeness (QED) is 0.829. The van der Waals surface area contributed by atoms with E-state index < -0.39 is 0 Å². The zero-order chi connectivity index (χ0) is 13.4. The second-order valence-electron chi connectivity index (χ2n) is 5.56. The highest BCUT2D eigenvalue weighted by atomic mass is 15.1. The number of nitrogens with zero attached hydrogens (tertiary/aromatic N) is 1. The Balaban J connectivity index is 1.86. The van der Waals surface area contributed by atoms with Crippen LogP contribution in [-0.4, -0.2) is 6.54 Å². The van der Waals surface area contributed by atoms with E-state index in [1.807, 2.05) is 6.07 Å². The SMILES string of the molecule is Cc1cc(C)cc(CN2CCc3cc(N)ccc32)c1. The molecule has 2 nitrogen and oxygen atoms in total. The molecule has 1 aliphatic heterocycles. The predicted molar refractivity (Wildman–Crippen MR) is 81.5 cm³/mol. The number of hydrogen-bond donors (Lipinski definition) is 1. The van der Waals surface area contributed by atoms with Gasteiger partial charge in [-0.15, -0.1) is 0 Å². The van der Waals surface area contributed by atoms with Gasteiger partial charge in [-0.1, -0.05) is 29.3 Å². The van der Waals surface area contributed by atoms with Crippen LogP contribution >= 0.6 is 0 Å². The summed E-state index contributed by atoms with van der Waals surface area (Å²) in [6, 6.07) is 13.0. The molecule has 2 heteroatoms. The molecule has 2 aromatic rings. The summed E-state index contributed by atoms with van der Waals surface area (Å²) in [5, 5.41) is 0. The molecular weight excluding hydrogens is 232 g/mol. The summed E-state index contributed by atoms with van der Waals surface area (Å²) in [5.41, 5.74) is 13.5. The highest BCUT2D eigenvalue weighted by Gasteiger charge is 2.19. The van der Waals surface area contributed by atoms with Crippen LogP contribution in [0.2, 0.25) is 0 Å². The van der Waals surface area contributed by atoms with Crippen molar-refractivity contribution in [2.75, 3.05) is 17.2 Å². The van der Waals surface area contributed by atoms with Crippen LogP contribution in [0.5, 0.6) is 0 Å². The third-order valence-corrected chi connectivity index (χ3v) is 3.75. The van der Waals surface area contributed by atoms with Crippen LogP contribution < -0.4 is 10.6 Å². The van der Waals surface area contributed by atoms with Crippen molar-refractivity contribution in [1.82, 2.24) is 0 Å². The molecule has 2 N–H and O–H groups in total. The van der Waals surface area contributed by atoms with Crippen molar-refractivity contribution in [3.05, 3.63) is 58.7 Å². The molecule has 0 radical (unpaired) electrons. The van der Waals surface area contributed by atoms with Crippen LogP contribution in [0.4, 0.5) is 11.4 Å². The molecule has 0 bridgehead atoms. The van der Waals surface area contributed by atoms with E-state index in [-0.39, 0.29) is 0 Å². The fourth-order valence-corrected chi connectivity index (χ4v) is 3.03. The van der Waals surface area contributed by atoms with Gasteiger partial charge in [0, 0.05) is 24.5 Å². The molecule has 3 rings (SSSR count). The van der Waals surface area contributed by atoms with Crippen molar-refractivity contribution < 1.29 is 0 Å². The molecule has 1 heterocycles. The van der Waals surface area contributed by atoms with Gasteiger partial charge in [-0.3, -0.25) is 0 Å². The summed E-state index contributed by atoms with van der Waals surface area (Å²) in [6.07, 6.45) is 1.10. The van der Waals surface area contributed by atoms with Crippen molar-refractivity contribution in [1.29, 1.82) is 0 Å². The zero-order valence-corrected chi connectivity index (χ0v) is 11.6. The van der Waals surface area contributed by atoms with E-state index in [1.54, 1.807) is 0 Å². The largest absolute Gasteiger partial charge is 0.399 e. The van der Waals surface area contributed by atoms with E-state index in [4.69, 9.17) is 5.73 Å². The molecule has 0 atom stereocenters. The average molecular weight is 252 g/mol. The van der Waals surface area contributed by atoms with E-state index in [1.165, 1.54) is 27.9 Å². The van der Waals surface area contributed by atoms with Gasteiger partial charge in [0.1, 0.15) is 0 Å². The van der Waals surface area contributed by atoms with E-state index in [0.717, 1.165) is 25.2 Å². The normalized spacial score (nSPS) is 13.7. The van der Waals surface area contributed by atoms with E-state index in [2.05, 4.69) is 49.1 Å². The van der Waals surface area contributed by atoms with Crippen LogP contribution in [0, 0.1) is 13.8 Å². The van der Waals surface area contributed by atoms with Gasteiger partial charge < -0.3 is 10.6 Å². The Hall–Kier alpha value is -1.96. The second-order valence-corrected chi connectivity index (χ2v) is 5.56. The van der Waals surface area contributed by atoms with Gasteiger partial charge in [-0.2, -0.15) is 0 Å². The molecule has 0 fully saturated rings. The molecule has 0 unspecified atom stereocenters. The lowest BCUT2D eigenvalue weighted by Gasteiger charge is -2.20. The summed E-state index contributed by atoms with van der Waals surface area (Å²) in [4.78, 5) is 2.45. The minimum atomic E-state index is 0.868. The Morgan fingerprint density at radius 3 is 2.53 bits per heavy atom. The molecule has 0 aliphatic carbocycles. The maximum absolute atomic E-state index is 5.85. The lowest BCUT2D eigenvalue weighted by Crippen LogP contribution is -2.19. The topological polar surface area (TPSA) is 29.3 Å². The number of fused-ring (bicyclic) bond motifs is 1. The lowest BCUT2D eigenvalue weighted by molar-refractivity contribution is 0.834. The predicted octanol–water partition coefficient (Wildman–Crippen LogP) is 3.45. The van der Waals surface area contributed by atoms with Crippen LogP contribution in [0.3, 0.4) is 0 Å². The first kappa shape index (κ1) is 12.1. The first-order valence-corrected chi connectivity index (χ1v) is 6.82. The second kappa shape index (κ2) is 4.61. The number of aryl methyl sites for hydroxylation is 2. The standard InChI is InChI=1S/C17H20N2/c1-12-7-13(2)9-14(8-12)11-19-6-5-15-10-16(18)3-4-17(15)19/h3-4,7-10H,5-6,11,18H2,1-2H3. The average Bonchev–Trinajstić information content (AvgIpc) is 2.70. The van der Waals surface area contributed by atoms with Crippen molar-refractivity contribution in [2.24, 2.45) is 0 Å². The Labute approximate surface area is 114 Å². The Morgan fingerprint density at radius 2 is 1.79 bits per heavy atom. The summed E-state index contributed by atoms with van der Waals surface area (Å²) in [5.74, 6) is 0. The van der Waals surface area contributed by atoms with Crippen molar-refractivity contribution in [3.63, 3.8) is 0 Å². The fraction of sp³-hybridized carbons (Fsp3) is 0.294. The van der Waals surface area contributed by atoms with Crippen molar-refractivity contribution in [2.45, 2.75) is 26.8 Å². The Bertz CT molecular complexity index is 596. The number of anilines is 2. The third kappa shape index (κ3) is 2.43. The smallest absolute Gasteiger partial charge is 0.0429 e. The maximum Gasteiger partial charge on any atom is 0.0429 e. The van der Waals surface area contributed by atoms with Gasteiger partial charge in [-0.25, -0.2) is 0 Å². The Kier molecular flexibility index (Phi) is 2.94. The van der Waals surface area contributed by atoms with Crippen LogP contribution in [-0.2, 0) is 13.0 Å². The van der Waals surface area contributed by atoms with Gasteiger partial charge in [-0.05, 0) is 49.6 Å².